The summed E-state index contributed by atoms with van der Waals surface area (Å²) in [6, 6.07) is 2.79. The Hall–Kier alpha value is -2.11. The molecule has 2 rings (SSSR count). The van der Waals surface area contributed by atoms with E-state index in [1.807, 2.05) is 0 Å². The predicted octanol–water partition coefficient (Wildman–Crippen LogP) is 1.32. The molecule has 0 bridgehead atoms. The molecule has 0 saturated carbocycles. The molecule has 1 heterocycles. The molecule has 0 spiro atoms. The van der Waals surface area contributed by atoms with Gasteiger partial charge in [0.1, 0.15) is 17.3 Å². The topological polar surface area (TPSA) is 47.8 Å². The van der Waals surface area contributed by atoms with Crippen molar-refractivity contribution in [3.63, 3.8) is 0 Å². The Morgan fingerprint density at radius 3 is 2.69 bits per heavy atom. The van der Waals surface area contributed by atoms with Crippen LogP contribution in [-0.4, -0.2) is 20.8 Å². The Kier molecular flexibility index (Phi) is 2.47. The van der Waals surface area contributed by atoms with Crippen LogP contribution < -0.4 is 0 Å². The zero-order chi connectivity index (χ0) is 11.7. The van der Waals surface area contributed by atoms with Crippen molar-refractivity contribution < 1.29 is 13.6 Å². The number of benzene rings is 1. The number of aromatic nitrogens is 3. The van der Waals surface area contributed by atoms with Crippen LogP contribution in [0.5, 0.6) is 0 Å². The summed E-state index contributed by atoms with van der Waals surface area (Å²) in [5.74, 6) is -2.20. The van der Waals surface area contributed by atoms with E-state index >= 15 is 0 Å². The van der Waals surface area contributed by atoms with E-state index in [1.54, 1.807) is 0 Å². The number of nitrogens with zero attached hydrogens (tertiary/aromatic N) is 3. The summed E-state index contributed by atoms with van der Waals surface area (Å²) in [5.41, 5.74) is -0.0580. The van der Waals surface area contributed by atoms with Crippen molar-refractivity contribution in [2.75, 3.05) is 0 Å². The van der Waals surface area contributed by atoms with Gasteiger partial charge in [0.15, 0.2) is 0 Å². The second kappa shape index (κ2) is 3.80. The van der Waals surface area contributed by atoms with Gasteiger partial charge in [0, 0.05) is 13.1 Å². The van der Waals surface area contributed by atoms with Gasteiger partial charge in [-0.1, -0.05) is 5.21 Å². The molecule has 2 aromatic rings. The fraction of sp³-hybridized carbons (Fsp3) is 0.100. The standard InChI is InChI=1S/C10H7F2N3O/c1-15-9(5-13-14-15)10(16)7-3-2-6(11)4-8(7)12/h2-5H,1H3. The van der Waals surface area contributed by atoms with Crippen LogP contribution in [0, 0.1) is 11.6 Å². The number of hydrogen-bond donors (Lipinski definition) is 0. The normalized spacial score (nSPS) is 10.4. The molecular weight excluding hydrogens is 216 g/mol. The van der Waals surface area contributed by atoms with Crippen molar-refractivity contribution in [2.45, 2.75) is 0 Å². The molecule has 16 heavy (non-hydrogen) atoms. The van der Waals surface area contributed by atoms with Crippen LogP contribution in [0.3, 0.4) is 0 Å². The first-order chi connectivity index (χ1) is 7.59. The molecule has 0 radical (unpaired) electrons. The number of hydrogen-bond acceptors (Lipinski definition) is 3. The SMILES string of the molecule is Cn1nncc1C(=O)c1ccc(F)cc1F. The van der Waals surface area contributed by atoms with E-state index in [0.717, 1.165) is 12.1 Å². The van der Waals surface area contributed by atoms with Crippen molar-refractivity contribution in [3.8, 4) is 0 Å². The summed E-state index contributed by atoms with van der Waals surface area (Å²) in [6.07, 6.45) is 1.23. The van der Waals surface area contributed by atoms with E-state index in [2.05, 4.69) is 10.3 Å². The molecular formula is C10H7F2N3O. The molecule has 0 saturated heterocycles. The number of ketones is 1. The fourth-order valence-electron chi connectivity index (χ4n) is 1.31. The van der Waals surface area contributed by atoms with Crippen molar-refractivity contribution >= 4 is 5.78 Å². The van der Waals surface area contributed by atoms with Gasteiger partial charge in [0.25, 0.3) is 0 Å². The Balaban J connectivity index is 2.46. The number of rotatable bonds is 2. The molecule has 82 valence electrons. The Morgan fingerprint density at radius 2 is 2.12 bits per heavy atom. The average molecular weight is 223 g/mol. The van der Waals surface area contributed by atoms with Gasteiger partial charge >= 0.3 is 0 Å². The van der Waals surface area contributed by atoms with Crippen molar-refractivity contribution in [3.05, 3.63) is 47.3 Å². The van der Waals surface area contributed by atoms with Gasteiger partial charge in [-0.2, -0.15) is 0 Å². The second-order valence-corrected chi connectivity index (χ2v) is 3.20. The van der Waals surface area contributed by atoms with Crippen LogP contribution >= 0.6 is 0 Å². The average Bonchev–Trinajstić information content (AvgIpc) is 2.63. The smallest absolute Gasteiger partial charge is 0.215 e. The van der Waals surface area contributed by atoms with E-state index in [4.69, 9.17) is 0 Å². The maximum Gasteiger partial charge on any atom is 0.215 e. The molecule has 0 aliphatic carbocycles. The third-order valence-corrected chi connectivity index (χ3v) is 2.12. The molecule has 1 aromatic carbocycles. The lowest BCUT2D eigenvalue weighted by Crippen LogP contribution is -2.10. The zero-order valence-corrected chi connectivity index (χ0v) is 8.32. The highest BCUT2D eigenvalue weighted by Gasteiger charge is 2.17. The van der Waals surface area contributed by atoms with Crippen LogP contribution in [0.1, 0.15) is 16.1 Å². The number of halogens is 2. The molecule has 0 N–H and O–H groups in total. The number of carbonyl (C=O) groups is 1. The summed E-state index contributed by atoms with van der Waals surface area (Å²) in [5, 5.41) is 7.07. The molecule has 4 nitrogen and oxygen atoms in total. The third-order valence-electron chi connectivity index (χ3n) is 2.12. The van der Waals surface area contributed by atoms with Gasteiger partial charge in [0.05, 0.1) is 11.8 Å². The maximum atomic E-state index is 13.3. The number of aryl methyl sites for hydroxylation is 1. The Bertz CT molecular complexity index is 551. The lowest BCUT2D eigenvalue weighted by molar-refractivity contribution is 0.102. The van der Waals surface area contributed by atoms with Crippen LogP contribution in [0.15, 0.2) is 24.4 Å². The van der Waals surface area contributed by atoms with Crippen molar-refractivity contribution in [1.82, 2.24) is 15.0 Å². The first-order valence-corrected chi connectivity index (χ1v) is 4.44. The van der Waals surface area contributed by atoms with E-state index < -0.39 is 17.4 Å². The molecule has 1 aromatic heterocycles. The summed E-state index contributed by atoms with van der Waals surface area (Å²) in [7, 11) is 1.52. The minimum absolute atomic E-state index is 0.144. The molecule has 0 aliphatic rings. The van der Waals surface area contributed by atoms with Crippen LogP contribution in [0.25, 0.3) is 0 Å². The minimum atomic E-state index is -0.897. The maximum absolute atomic E-state index is 13.3. The first-order valence-electron chi connectivity index (χ1n) is 4.44. The van der Waals surface area contributed by atoms with Gasteiger partial charge in [0.2, 0.25) is 5.78 Å². The molecule has 0 atom stereocenters. The summed E-state index contributed by atoms with van der Waals surface area (Å²) >= 11 is 0. The van der Waals surface area contributed by atoms with E-state index in [9.17, 15) is 13.6 Å². The quantitative estimate of drug-likeness (QED) is 0.721. The van der Waals surface area contributed by atoms with Gasteiger partial charge in [-0.15, -0.1) is 5.10 Å². The highest BCUT2D eigenvalue weighted by atomic mass is 19.1. The molecule has 0 unspecified atom stereocenters. The van der Waals surface area contributed by atoms with E-state index in [1.165, 1.54) is 17.9 Å². The summed E-state index contributed by atoms with van der Waals surface area (Å²) in [4.78, 5) is 11.8. The van der Waals surface area contributed by atoms with Gasteiger partial charge in [-0.25, -0.2) is 13.5 Å². The highest BCUT2D eigenvalue weighted by molar-refractivity contribution is 6.07. The minimum Gasteiger partial charge on any atom is -0.287 e. The Labute approximate surface area is 89.5 Å². The Morgan fingerprint density at radius 1 is 1.38 bits per heavy atom. The molecule has 0 aliphatic heterocycles. The van der Waals surface area contributed by atoms with Crippen molar-refractivity contribution in [2.24, 2.45) is 7.05 Å². The lowest BCUT2D eigenvalue weighted by atomic mass is 10.1. The zero-order valence-electron chi connectivity index (χ0n) is 8.32. The predicted molar refractivity (Wildman–Crippen MR) is 50.8 cm³/mol. The summed E-state index contributed by atoms with van der Waals surface area (Å²) in [6.45, 7) is 0. The first kappa shape index (κ1) is 10.4. The third kappa shape index (κ3) is 1.69. The van der Waals surface area contributed by atoms with E-state index in [0.29, 0.717) is 6.07 Å². The number of carbonyl (C=O) groups excluding carboxylic acids is 1. The highest BCUT2D eigenvalue weighted by Crippen LogP contribution is 2.13. The molecule has 6 heteroatoms. The molecule has 0 amide bonds. The lowest BCUT2D eigenvalue weighted by Gasteiger charge is -2.01. The van der Waals surface area contributed by atoms with Crippen LogP contribution in [0.2, 0.25) is 0 Å². The van der Waals surface area contributed by atoms with Gasteiger partial charge in [-0.3, -0.25) is 4.79 Å². The van der Waals surface area contributed by atoms with Crippen LogP contribution in [-0.2, 0) is 7.05 Å². The summed E-state index contributed by atoms with van der Waals surface area (Å²) < 4.78 is 27.2. The van der Waals surface area contributed by atoms with Gasteiger partial charge < -0.3 is 0 Å². The fourth-order valence-corrected chi connectivity index (χ4v) is 1.31. The van der Waals surface area contributed by atoms with Crippen LogP contribution in [0.4, 0.5) is 8.78 Å². The largest absolute Gasteiger partial charge is 0.287 e. The van der Waals surface area contributed by atoms with Crippen molar-refractivity contribution in [1.29, 1.82) is 0 Å². The molecule has 0 fully saturated rings. The van der Waals surface area contributed by atoms with E-state index in [-0.39, 0.29) is 11.3 Å². The van der Waals surface area contributed by atoms with Gasteiger partial charge in [-0.05, 0) is 12.1 Å². The second-order valence-electron chi connectivity index (χ2n) is 3.20. The monoisotopic (exact) mass is 223 g/mol.